The first-order chi connectivity index (χ1) is 12.5. The van der Waals surface area contributed by atoms with E-state index in [1.807, 2.05) is 18.2 Å². The molecule has 26 heavy (non-hydrogen) atoms. The van der Waals surface area contributed by atoms with E-state index in [4.69, 9.17) is 16.3 Å². The van der Waals surface area contributed by atoms with Gasteiger partial charge in [0, 0.05) is 21.8 Å². The van der Waals surface area contributed by atoms with E-state index in [0.29, 0.717) is 9.50 Å². The van der Waals surface area contributed by atoms with Gasteiger partial charge in [0.2, 0.25) is 0 Å². The fourth-order valence-electron chi connectivity index (χ4n) is 1.84. The topological polar surface area (TPSA) is 93.8 Å². The smallest absolute Gasteiger partial charge is 0.312 e. The molecule has 0 spiro atoms. The van der Waals surface area contributed by atoms with Gasteiger partial charge in [0.05, 0.1) is 4.92 Å². The molecule has 7 nitrogen and oxygen atoms in total. The lowest BCUT2D eigenvalue weighted by Gasteiger charge is -2.05. The molecule has 0 aliphatic heterocycles. The minimum absolute atomic E-state index is 0.00375. The monoisotopic (exact) mass is 437 g/mol. The number of nitrogens with zero attached hydrogens (tertiary/aromatic N) is 2. The van der Waals surface area contributed by atoms with Crippen LogP contribution in [0.1, 0.15) is 5.56 Å². The van der Waals surface area contributed by atoms with E-state index in [2.05, 4.69) is 26.5 Å². The summed E-state index contributed by atoms with van der Waals surface area (Å²) in [7, 11) is 0. The number of nitro benzene ring substituents is 1. The van der Waals surface area contributed by atoms with Gasteiger partial charge in [-0.15, -0.1) is 0 Å². The molecular weight excluding hydrogens is 426 g/mol. The van der Waals surface area contributed by atoms with Crippen LogP contribution in [0, 0.1) is 10.1 Å². The zero-order valence-electron chi connectivity index (χ0n) is 13.3. The van der Waals surface area contributed by atoms with E-state index >= 15 is 0 Å². The molecule has 0 aliphatic carbocycles. The lowest BCUT2D eigenvalue weighted by Crippen LogP contribution is -2.24. The highest BCUT2D eigenvalue weighted by Gasteiger charge is 2.16. The van der Waals surface area contributed by atoms with E-state index in [1.54, 1.807) is 24.3 Å². The van der Waals surface area contributed by atoms with Gasteiger partial charge < -0.3 is 4.74 Å². The van der Waals surface area contributed by atoms with Crippen molar-refractivity contribution in [1.29, 1.82) is 0 Å². The zero-order valence-corrected chi connectivity index (χ0v) is 15.6. The Bertz CT molecular complexity index is 871. The second kappa shape index (κ2) is 9.69. The van der Waals surface area contributed by atoms with Gasteiger partial charge in [0.25, 0.3) is 5.91 Å². The number of rotatable bonds is 7. The van der Waals surface area contributed by atoms with Gasteiger partial charge in [-0.1, -0.05) is 51.8 Å². The number of carbonyl (C=O) groups is 1. The van der Waals surface area contributed by atoms with Gasteiger partial charge in [-0.05, 0) is 29.8 Å². The Morgan fingerprint density at radius 2 is 2.12 bits per heavy atom. The third kappa shape index (κ3) is 5.98. The summed E-state index contributed by atoms with van der Waals surface area (Å²) in [6.45, 7) is -0.409. The summed E-state index contributed by atoms with van der Waals surface area (Å²) in [5.41, 5.74) is 2.84. The number of halogens is 2. The maximum absolute atomic E-state index is 11.7. The molecule has 134 valence electrons. The zero-order chi connectivity index (χ0) is 18.9. The Hall–Kier alpha value is -2.71. The lowest BCUT2D eigenvalue weighted by atomic mass is 10.2. The van der Waals surface area contributed by atoms with E-state index in [0.717, 1.165) is 5.56 Å². The number of hydrazone groups is 1. The fourth-order valence-corrected chi connectivity index (χ4v) is 2.39. The van der Waals surface area contributed by atoms with E-state index in [-0.39, 0.29) is 11.4 Å². The Labute approximate surface area is 162 Å². The van der Waals surface area contributed by atoms with Crippen molar-refractivity contribution in [2.45, 2.75) is 0 Å². The maximum Gasteiger partial charge on any atom is 0.312 e. The Morgan fingerprint density at radius 3 is 2.85 bits per heavy atom. The molecule has 0 unspecified atom stereocenters. The SMILES string of the molecule is O=C(COc1ccc(Br)cc1[N+](=O)[O-])N/N=C\C=C\c1ccccc1Cl. The second-order valence-corrected chi connectivity index (χ2v) is 6.17. The molecule has 0 aliphatic rings. The molecule has 0 saturated carbocycles. The van der Waals surface area contributed by atoms with Gasteiger partial charge >= 0.3 is 5.69 Å². The van der Waals surface area contributed by atoms with Crippen molar-refractivity contribution in [3.05, 3.63) is 73.7 Å². The minimum atomic E-state index is -0.588. The summed E-state index contributed by atoms with van der Waals surface area (Å²) in [6, 6.07) is 11.6. The van der Waals surface area contributed by atoms with Crippen LogP contribution in [0.25, 0.3) is 6.08 Å². The molecule has 0 bridgehead atoms. The van der Waals surface area contributed by atoms with Crippen molar-refractivity contribution >= 4 is 51.4 Å². The number of nitro groups is 1. The predicted octanol–water partition coefficient (Wildman–Crippen LogP) is 4.20. The van der Waals surface area contributed by atoms with E-state index in [9.17, 15) is 14.9 Å². The quantitative estimate of drug-likeness (QED) is 0.398. The Morgan fingerprint density at radius 1 is 1.35 bits per heavy atom. The standard InChI is InChI=1S/C17H13BrClN3O4/c18-13-7-8-16(15(10-13)22(24)25)26-11-17(23)21-20-9-3-5-12-4-1-2-6-14(12)19/h1-10H,11H2,(H,21,23)/b5-3+,20-9-. The second-order valence-electron chi connectivity index (χ2n) is 4.85. The molecule has 0 fully saturated rings. The first-order valence-electron chi connectivity index (χ1n) is 7.27. The van der Waals surface area contributed by atoms with Crippen molar-refractivity contribution in [3.63, 3.8) is 0 Å². The molecule has 2 aromatic carbocycles. The number of benzene rings is 2. The summed E-state index contributed by atoms with van der Waals surface area (Å²) < 4.78 is 5.71. The molecule has 0 atom stereocenters. The highest BCUT2D eigenvalue weighted by molar-refractivity contribution is 9.10. The van der Waals surface area contributed by atoms with Crippen LogP contribution >= 0.6 is 27.5 Å². The summed E-state index contributed by atoms with van der Waals surface area (Å²) in [5, 5.41) is 15.3. The van der Waals surface area contributed by atoms with Crippen LogP contribution in [0.2, 0.25) is 5.02 Å². The first kappa shape index (κ1) is 19.6. The van der Waals surface area contributed by atoms with Crippen molar-refractivity contribution in [2.75, 3.05) is 6.61 Å². The number of allylic oxidation sites excluding steroid dienone is 1. The summed E-state index contributed by atoms with van der Waals surface area (Å²) in [6.07, 6.45) is 4.73. The molecule has 0 aromatic heterocycles. The van der Waals surface area contributed by atoms with Crippen LogP contribution in [0.4, 0.5) is 5.69 Å². The Kier molecular flexibility index (Phi) is 7.31. The van der Waals surface area contributed by atoms with Crippen LogP contribution in [0.3, 0.4) is 0 Å². The number of hydrogen-bond donors (Lipinski definition) is 1. The van der Waals surface area contributed by atoms with Gasteiger partial charge in [-0.2, -0.15) is 5.10 Å². The lowest BCUT2D eigenvalue weighted by molar-refractivity contribution is -0.385. The average Bonchev–Trinajstić information content (AvgIpc) is 2.61. The minimum Gasteiger partial charge on any atom is -0.477 e. The molecule has 9 heteroatoms. The average molecular weight is 439 g/mol. The number of hydrogen-bond acceptors (Lipinski definition) is 5. The van der Waals surface area contributed by atoms with Crippen molar-refractivity contribution in [3.8, 4) is 5.75 Å². The molecule has 1 N–H and O–H groups in total. The molecule has 1 amide bonds. The molecule has 0 saturated heterocycles. The van der Waals surface area contributed by atoms with Crippen LogP contribution in [-0.4, -0.2) is 23.7 Å². The number of amides is 1. The normalized spacial score (nSPS) is 11.0. The van der Waals surface area contributed by atoms with Crippen molar-refractivity contribution < 1.29 is 14.5 Å². The number of nitrogens with one attached hydrogen (secondary N) is 1. The van der Waals surface area contributed by atoms with Crippen molar-refractivity contribution in [2.24, 2.45) is 5.10 Å². The molecule has 0 radical (unpaired) electrons. The highest BCUT2D eigenvalue weighted by atomic mass is 79.9. The number of ether oxygens (including phenoxy) is 1. The first-order valence-corrected chi connectivity index (χ1v) is 8.44. The molecular formula is C17H13BrClN3O4. The third-order valence-corrected chi connectivity index (χ3v) is 3.84. The van der Waals surface area contributed by atoms with E-state index < -0.39 is 17.4 Å². The van der Waals surface area contributed by atoms with Gasteiger partial charge in [-0.3, -0.25) is 14.9 Å². The van der Waals surface area contributed by atoms with Gasteiger partial charge in [0.15, 0.2) is 12.4 Å². The summed E-state index contributed by atoms with van der Waals surface area (Å²) in [5.74, 6) is -0.555. The number of carbonyl (C=O) groups excluding carboxylic acids is 1. The molecule has 0 heterocycles. The largest absolute Gasteiger partial charge is 0.477 e. The van der Waals surface area contributed by atoms with E-state index in [1.165, 1.54) is 18.3 Å². The fraction of sp³-hybridized carbons (Fsp3) is 0.0588. The maximum atomic E-state index is 11.7. The highest BCUT2D eigenvalue weighted by Crippen LogP contribution is 2.29. The summed E-state index contributed by atoms with van der Waals surface area (Å²) in [4.78, 5) is 22.1. The molecule has 2 aromatic rings. The van der Waals surface area contributed by atoms with Gasteiger partial charge in [0.1, 0.15) is 0 Å². The Balaban J connectivity index is 1.84. The van der Waals surface area contributed by atoms with Crippen LogP contribution in [0.15, 0.2) is 58.1 Å². The van der Waals surface area contributed by atoms with Crippen LogP contribution in [-0.2, 0) is 4.79 Å². The van der Waals surface area contributed by atoms with Crippen LogP contribution < -0.4 is 10.2 Å². The predicted molar refractivity (Wildman–Crippen MR) is 103 cm³/mol. The van der Waals surface area contributed by atoms with Gasteiger partial charge in [-0.25, -0.2) is 5.43 Å². The van der Waals surface area contributed by atoms with Crippen LogP contribution in [0.5, 0.6) is 5.75 Å². The molecule has 2 rings (SSSR count). The third-order valence-electron chi connectivity index (χ3n) is 3.01. The summed E-state index contributed by atoms with van der Waals surface area (Å²) >= 11 is 9.14. The van der Waals surface area contributed by atoms with Crippen molar-refractivity contribution in [1.82, 2.24) is 5.43 Å².